The molecule has 0 unspecified atom stereocenters. The fourth-order valence-electron chi connectivity index (χ4n) is 4.29. The Hall–Kier alpha value is -3.44. The number of piperidine rings is 1. The van der Waals surface area contributed by atoms with E-state index in [4.69, 9.17) is 10.2 Å². The predicted molar refractivity (Wildman–Crippen MR) is 145 cm³/mol. The number of nitrogens with zero attached hydrogens (tertiary/aromatic N) is 2. The third-order valence-electron chi connectivity index (χ3n) is 6.26. The Morgan fingerprint density at radius 3 is 2.10 bits per heavy atom. The van der Waals surface area contributed by atoms with Crippen LogP contribution in [0.2, 0.25) is 0 Å². The average Bonchev–Trinajstić information content (AvgIpc) is 2.87. The van der Waals surface area contributed by atoms with Crippen molar-refractivity contribution < 1.29 is 46.9 Å². The molecule has 3 rings (SSSR count). The molecule has 1 saturated heterocycles. The van der Waals surface area contributed by atoms with Gasteiger partial charge in [-0.25, -0.2) is 16.8 Å². The second kappa shape index (κ2) is 12.8. The maximum absolute atomic E-state index is 12.8. The van der Waals surface area contributed by atoms with Gasteiger partial charge in [0.1, 0.15) is 18.8 Å². The van der Waals surface area contributed by atoms with Crippen LogP contribution in [-0.4, -0.2) is 98.5 Å². The molecule has 0 radical (unpaired) electrons. The third kappa shape index (κ3) is 8.53. The first-order chi connectivity index (χ1) is 18.7. The van der Waals surface area contributed by atoms with Crippen LogP contribution in [0.4, 0.5) is 11.4 Å². The van der Waals surface area contributed by atoms with Crippen LogP contribution in [0.15, 0.2) is 47.4 Å². The molecule has 0 aliphatic carbocycles. The van der Waals surface area contributed by atoms with Crippen LogP contribution in [0.1, 0.15) is 24.5 Å². The van der Waals surface area contributed by atoms with Crippen molar-refractivity contribution in [1.82, 2.24) is 9.62 Å². The smallest absolute Gasteiger partial charge is 0.318 e. The van der Waals surface area contributed by atoms with Crippen molar-refractivity contribution in [3.63, 3.8) is 0 Å². The number of aromatic hydroxyl groups is 1. The van der Waals surface area contributed by atoms with Gasteiger partial charge in [0.15, 0.2) is 0 Å². The summed E-state index contributed by atoms with van der Waals surface area (Å²) in [6.07, 6.45) is 1.44. The molecule has 2 aromatic carbocycles. The average molecular weight is 601 g/mol. The van der Waals surface area contributed by atoms with Crippen molar-refractivity contribution >= 4 is 43.4 Å². The highest BCUT2D eigenvalue weighted by molar-refractivity contribution is 7.92. The Morgan fingerprint density at radius 1 is 1.00 bits per heavy atom. The van der Waals surface area contributed by atoms with Crippen LogP contribution in [0, 0.1) is 0 Å². The van der Waals surface area contributed by atoms with E-state index in [1.54, 1.807) is 12.1 Å². The van der Waals surface area contributed by atoms with Gasteiger partial charge in [-0.05, 0) is 54.8 Å². The number of phenols is 1. The molecule has 40 heavy (non-hydrogen) atoms. The zero-order chi connectivity index (χ0) is 29.7. The van der Waals surface area contributed by atoms with E-state index in [-0.39, 0.29) is 28.9 Å². The minimum absolute atomic E-state index is 0.0253. The Labute approximate surface area is 232 Å². The Morgan fingerprint density at radius 2 is 1.57 bits per heavy atom. The summed E-state index contributed by atoms with van der Waals surface area (Å²) >= 11 is 0. The number of carboxylic acid groups (broad SMARTS) is 2. The van der Waals surface area contributed by atoms with Gasteiger partial charge < -0.3 is 30.6 Å². The van der Waals surface area contributed by atoms with Crippen molar-refractivity contribution in [2.24, 2.45) is 0 Å². The lowest BCUT2D eigenvalue weighted by atomic mass is 10.0. The minimum atomic E-state index is -4.33. The third-order valence-corrected chi connectivity index (χ3v) is 8.66. The summed E-state index contributed by atoms with van der Waals surface area (Å²) in [7, 11) is -7.94. The molecule has 0 aromatic heterocycles. The number of phenolic OH excluding ortho intramolecular Hbond substituents is 1. The van der Waals surface area contributed by atoms with Crippen molar-refractivity contribution in [1.29, 1.82) is 0 Å². The number of aliphatic carboxylic acids is 2. The molecular formula is C24H32N4O10S2. The number of aliphatic hydroxyl groups is 1. The zero-order valence-corrected chi connectivity index (χ0v) is 23.2. The first-order valence-electron chi connectivity index (χ1n) is 12.2. The van der Waals surface area contributed by atoms with Crippen molar-refractivity contribution in [2.75, 3.05) is 48.6 Å². The molecule has 220 valence electrons. The number of nitrogens with one attached hydrogen (secondary N) is 2. The zero-order valence-electron chi connectivity index (χ0n) is 21.6. The lowest BCUT2D eigenvalue weighted by Crippen LogP contribution is -2.43. The number of hydrogen-bond acceptors (Lipinski definition) is 10. The van der Waals surface area contributed by atoms with Crippen molar-refractivity contribution in [3.8, 4) is 5.75 Å². The normalized spacial score (nSPS) is 15.6. The molecule has 2 aromatic rings. The standard InChI is InChI=1S/C24H32N4O10S2/c1-39(35,36)26-20-12-16(2-7-21(20)29)22(30)13-25-17-8-10-27(11-9-17)18-3-5-19(6-4-18)40(37,38)28(14-23(31)32)15-24(33)34/h2-7,12,17,22,25-26,29-30H,8-11,13-15H2,1H3,(H,31,32)(H,33,34)/t22-/m1/s1. The van der Waals surface area contributed by atoms with Gasteiger partial charge in [0.2, 0.25) is 20.0 Å². The van der Waals surface area contributed by atoms with Crippen LogP contribution >= 0.6 is 0 Å². The maximum atomic E-state index is 12.8. The van der Waals surface area contributed by atoms with Crippen LogP contribution < -0.4 is 14.9 Å². The van der Waals surface area contributed by atoms with Crippen LogP contribution in [-0.2, 0) is 29.6 Å². The van der Waals surface area contributed by atoms with Gasteiger partial charge in [-0.3, -0.25) is 14.3 Å². The van der Waals surface area contributed by atoms with Gasteiger partial charge in [0.05, 0.1) is 22.9 Å². The van der Waals surface area contributed by atoms with Crippen LogP contribution in [0.5, 0.6) is 5.75 Å². The molecule has 16 heteroatoms. The summed E-state index contributed by atoms with van der Waals surface area (Å²) in [6, 6.07) is 10.0. The van der Waals surface area contributed by atoms with E-state index in [0.717, 1.165) is 11.9 Å². The van der Waals surface area contributed by atoms with Gasteiger partial charge in [0.25, 0.3) is 0 Å². The molecule has 6 N–H and O–H groups in total. The molecular weight excluding hydrogens is 568 g/mol. The van der Waals surface area contributed by atoms with E-state index in [1.165, 1.54) is 30.3 Å². The summed E-state index contributed by atoms with van der Waals surface area (Å²) in [5.74, 6) is -3.20. The summed E-state index contributed by atoms with van der Waals surface area (Å²) < 4.78 is 51.1. The fraction of sp³-hybridized carbons (Fsp3) is 0.417. The van der Waals surface area contributed by atoms with E-state index in [1.807, 2.05) is 4.90 Å². The second-order valence-electron chi connectivity index (χ2n) is 9.39. The highest BCUT2D eigenvalue weighted by Crippen LogP contribution is 2.28. The van der Waals surface area contributed by atoms with E-state index in [0.29, 0.717) is 35.8 Å². The molecule has 1 fully saturated rings. The Kier molecular flexibility index (Phi) is 9.96. The highest BCUT2D eigenvalue weighted by Gasteiger charge is 2.29. The topological polar surface area (TPSA) is 214 Å². The van der Waals surface area contributed by atoms with Gasteiger partial charge >= 0.3 is 11.9 Å². The summed E-state index contributed by atoms with van der Waals surface area (Å²) in [6.45, 7) is -0.491. The second-order valence-corrected chi connectivity index (χ2v) is 13.1. The van der Waals surface area contributed by atoms with E-state index < -0.39 is 51.2 Å². The molecule has 1 heterocycles. The summed E-state index contributed by atoms with van der Waals surface area (Å²) in [5, 5.41) is 41.7. The number of anilines is 2. The molecule has 1 aliphatic heterocycles. The number of aliphatic hydroxyl groups excluding tert-OH is 1. The summed E-state index contributed by atoms with van der Waals surface area (Å²) in [5.41, 5.74) is 1.15. The summed E-state index contributed by atoms with van der Waals surface area (Å²) in [4.78, 5) is 23.9. The number of hydrogen-bond donors (Lipinski definition) is 6. The lowest BCUT2D eigenvalue weighted by molar-refractivity contribution is -0.139. The first kappa shape index (κ1) is 31.1. The van der Waals surface area contributed by atoms with Crippen molar-refractivity contribution in [3.05, 3.63) is 48.0 Å². The number of sulfonamides is 2. The maximum Gasteiger partial charge on any atom is 0.318 e. The molecule has 0 bridgehead atoms. The quantitative estimate of drug-likeness (QED) is 0.170. The number of benzene rings is 2. The van der Waals surface area contributed by atoms with Crippen LogP contribution in [0.3, 0.4) is 0 Å². The van der Waals surface area contributed by atoms with Crippen molar-refractivity contribution in [2.45, 2.75) is 29.9 Å². The molecule has 1 atom stereocenters. The fourth-order valence-corrected chi connectivity index (χ4v) is 6.19. The molecule has 0 amide bonds. The minimum Gasteiger partial charge on any atom is -0.506 e. The number of carbonyl (C=O) groups is 2. The molecule has 14 nitrogen and oxygen atoms in total. The van der Waals surface area contributed by atoms with E-state index >= 15 is 0 Å². The van der Waals surface area contributed by atoms with Crippen LogP contribution in [0.25, 0.3) is 0 Å². The molecule has 1 aliphatic rings. The predicted octanol–water partition coefficient (Wildman–Crippen LogP) is 0.216. The number of rotatable bonds is 13. The Bertz CT molecular complexity index is 1410. The lowest BCUT2D eigenvalue weighted by Gasteiger charge is -2.34. The number of carboxylic acids is 2. The monoisotopic (exact) mass is 600 g/mol. The SMILES string of the molecule is CS(=O)(=O)Nc1cc([C@H](O)CNC2CCN(c3ccc(S(=O)(=O)N(CC(=O)O)CC(=O)O)cc3)CC2)ccc1O. The van der Waals surface area contributed by atoms with Gasteiger partial charge in [0, 0.05) is 31.4 Å². The Balaban J connectivity index is 1.56. The van der Waals surface area contributed by atoms with Gasteiger partial charge in [-0.15, -0.1) is 0 Å². The van der Waals surface area contributed by atoms with E-state index in [2.05, 4.69) is 10.0 Å². The van der Waals surface area contributed by atoms with Gasteiger partial charge in [-0.2, -0.15) is 4.31 Å². The largest absolute Gasteiger partial charge is 0.506 e. The van der Waals surface area contributed by atoms with Gasteiger partial charge in [-0.1, -0.05) is 6.07 Å². The van der Waals surface area contributed by atoms with E-state index in [9.17, 15) is 36.6 Å². The highest BCUT2D eigenvalue weighted by atomic mass is 32.2. The molecule has 0 saturated carbocycles. The first-order valence-corrected chi connectivity index (χ1v) is 15.5. The molecule has 0 spiro atoms.